The van der Waals surface area contributed by atoms with Crippen molar-refractivity contribution in [2.45, 2.75) is 19.4 Å². The Bertz CT molecular complexity index is 561. The van der Waals surface area contributed by atoms with Gasteiger partial charge in [0.25, 0.3) is 5.91 Å². The summed E-state index contributed by atoms with van der Waals surface area (Å²) in [5, 5.41) is 0. The maximum atomic E-state index is 12.1. The molecule has 2 rings (SSSR count). The number of rotatable bonds is 4. The molecule has 1 atom stereocenters. The highest BCUT2D eigenvalue weighted by Crippen LogP contribution is 2.06. The van der Waals surface area contributed by atoms with Crippen molar-refractivity contribution in [1.82, 2.24) is 20.7 Å². The van der Waals surface area contributed by atoms with Crippen molar-refractivity contribution in [1.29, 1.82) is 0 Å². The fourth-order valence-electron chi connectivity index (χ4n) is 2.54. The van der Waals surface area contributed by atoms with Crippen LogP contribution in [0.4, 0.5) is 4.79 Å². The minimum Gasteiger partial charge on any atom is -0.448 e. The zero-order valence-electron chi connectivity index (χ0n) is 14.5. The third-order valence-corrected chi connectivity index (χ3v) is 4.19. The number of amides is 2. The number of hydrogen-bond donors (Lipinski definition) is 2. The average molecular weight is 334 g/mol. The average Bonchev–Trinajstić information content (AvgIpc) is 2.56. The highest BCUT2D eigenvalue weighted by molar-refractivity contribution is 5.84. The number of nitrogens with zero attached hydrogens (tertiary/aromatic N) is 2. The van der Waals surface area contributed by atoms with Gasteiger partial charge in [0.05, 0.1) is 6.61 Å². The lowest BCUT2D eigenvalue weighted by molar-refractivity contribution is -0.128. The van der Waals surface area contributed by atoms with E-state index in [1.807, 2.05) is 50.2 Å². The molecule has 1 fully saturated rings. The summed E-state index contributed by atoms with van der Waals surface area (Å²) in [5.41, 5.74) is 7.03. The van der Waals surface area contributed by atoms with Crippen LogP contribution in [0.3, 0.4) is 0 Å². The van der Waals surface area contributed by atoms with Gasteiger partial charge in [-0.1, -0.05) is 29.8 Å². The lowest BCUT2D eigenvalue weighted by Gasteiger charge is -2.36. The number of carbonyl (C=O) groups is 2. The van der Waals surface area contributed by atoms with E-state index in [-0.39, 0.29) is 18.6 Å². The second-order valence-electron chi connectivity index (χ2n) is 6.24. The molecule has 132 valence electrons. The highest BCUT2D eigenvalue weighted by Gasteiger charge is 2.28. The number of carbonyl (C=O) groups excluding carboxylic acids is 2. The predicted molar refractivity (Wildman–Crippen MR) is 91.4 cm³/mol. The second kappa shape index (κ2) is 8.65. The standard InChI is InChI=1S/C17H26N4O3/c1-13-4-6-14(7-5-13)8-11-24-17(23)19-18-16(22)15-12-20(2)9-10-21(15)3/h4-7,15H,8-12H2,1-3H3,(H,18,22)(H,19,23). The van der Waals surface area contributed by atoms with Gasteiger partial charge in [-0.2, -0.15) is 0 Å². The molecule has 1 unspecified atom stereocenters. The van der Waals surface area contributed by atoms with Gasteiger partial charge in [0.15, 0.2) is 0 Å². The second-order valence-corrected chi connectivity index (χ2v) is 6.24. The highest BCUT2D eigenvalue weighted by atomic mass is 16.6. The third-order valence-electron chi connectivity index (χ3n) is 4.19. The number of ether oxygens (including phenoxy) is 1. The van der Waals surface area contributed by atoms with Gasteiger partial charge in [0, 0.05) is 26.1 Å². The summed E-state index contributed by atoms with van der Waals surface area (Å²) in [6, 6.07) is 7.78. The first-order valence-corrected chi connectivity index (χ1v) is 8.12. The number of piperazine rings is 1. The Morgan fingerprint density at radius 3 is 2.58 bits per heavy atom. The van der Waals surface area contributed by atoms with E-state index in [1.165, 1.54) is 5.56 Å². The zero-order valence-corrected chi connectivity index (χ0v) is 14.5. The fraction of sp³-hybridized carbons (Fsp3) is 0.529. The van der Waals surface area contributed by atoms with Gasteiger partial charge < -0.3 is 9.64 Å². The Kier molecular flexibility index (Phi) is 6.57. The summed E-state index contributed by atoms with van der Waals surface area (Å²) in [7, 11) is 3.87. The summed E-state index contributed by atoms with van der Waals surface area (Å²) >= 11 is 0. The van der Waals surface area contributed by atoms with Gasteiger partial charge in [0.1, 0.15) is 6.04 Å². The molecular formula is C17H26N4O3. The van der Waals surface area contributed by atoms with Gasteiger partial charge in [-0.15, -0.1) is 0 Å². The first-order valence-electron chi connectivity index (χ1n) is 8.12. The van der Waals surface area contributed by atoms with E-state index < -0.39 is 6.09 Å². The molecule has 0 spiro atoms. The Morgan fingerprint density at radius 1 is 1.17 bits per heavy atom. The topological polar surface area (TPSA) is 73.9 Å². The van der Waals surface area contributed by atoms with Crippen molar-refractivity contribution in [2.24, 2.45) is 0 Å². The molecule has 7 nitrogen and oxygen atoms in total. The molecule has 1 aliphatic heterocycles. The Labute approximate surface area is 142 Å². The number of hydrogen-bond acceptors (Lipinski definition) is 5. The largest absolute Gasteiger partial charge is 0.448 e. The van der Waals surface area contributed by atoms with Crippen LogP contribution in [0.1, 0.15) is 11.1 Å². The van der Waals surface area contributed by atoms with E-state index in [2.05, 4.69) is 15.8 Å². The monoisotopic (exact) mass is 334 g/mol. The molecule has 2 N–H and O–H groups in total. The lowest BCUT2D eigenvalue weighted by Crippen LogP contribution is -2.59. The van der Waals surface area contributed by atoms with Crippen LogP contribution in [0.25, 0.3) is 0 Å². The van der Waals surface area contributed by atoms with E-state index in [4.69, 9.17) is 4.74 Å². The summed E-state index contributed by atoms with van der Waals surface area (Å²) in [5.74, 6) is -0.237. The van der Waals surface area contributed by atoms with Crippen molar-refractivity contribution in [3.63, 3.8) is 0 Å². The zero-order chi connectivity index (χ0) is 17.5. The molecule has 1 aromatic carbocycles. The van der Waals surface area contributed by atoms with Crippen LogP contribution in [-0.4, -0.2) is 68.2 Å². The van der Waals surface area contributed by atoms with Gasteiger partial charge in [0.2, 0.25) is 0 Å². The minimum atomic E-state index is -0.651. The molecular weight excluding hydrogens is 308 g/mol. The fourth-order valence-corrected chi connectivity index (χ4v) is 2.54. The minimum absolute atomic E-state index is 0.237. The van der Waals surface area contributed by atoms with Crippen LogP contribution in [0.5, 0.6) is 0 Å². The van der Waals surface area contributed by atoms with E-state index in [0.29, 0.717) is 13.0 Å². The molecule has 24 heavy (non-hydrogen) atoms. The predicted octanol–water partition coefficient (Wildman–Crippen LogP) is 0.541. The number of hydrazine groups is 1. The van der Waals surface area contributed by atoms with Crippen molar-refractivity contribution in [3.05, 3.63) is 35.4 Å². The van der Waals surface area contributed by atoms with Crippen LogP contribution in [0.15, 0.2) is 24.3 Å². The van der Waals surface area contributed by atoms with Crippen molar-refractivity contribution >= 4 is 12.0 Å². The first-order chi connectivity index (χ1) is 11.5. The van der Waals surface area contributed by atoms with Crippen LogP contribution in [0.2, 0.25) is 0 Å². The SMILES string of the molecule is Cc1ccc(CCOC(=O)NNC(=O)C2CN(C)CCN2C)cc1. The number of nitrogens with one attached hydrogen (secondary N) is 2. The van der Waals surface area contributed by atoms with Gasteiger partial charge in [-0.05, 0) is 26.6 Å². The van der Waals surface area contributed by atoms with Crippen molar-refractivity contribution < 1.29 is 14.3 Å². The molecule has 1 aromatic rings. The van der Waals surface area contributed by atoms with Crippen LogP contribution in [-0.2, 0) is 16.0 Å². The third kappa shape index (κ3) is 5.50. The molecule has 7 heteroatoms. The van der Waals surface area contributed by atoms with Gasteiger partial charge >= 0.3 is 6.09 Å². The quantitative estimate of drug-likeness (QED) is 0.786. The van der Waals surface area contributed by atoms with Gasteiger partial charge in [-0.3, -0.25) is 15.1 Å². The van der Waals surface area contributed by atoms with Crippen LogP contribution in [0, 0.1) is 6.92 Å². The van der Waals surface area contributed by atoms with E-state index in [9.17, 15) is 9.59 Å². The van der Waals surface area contributed by atoms with E-state index >= 15 is 0 Å². The lowest BCUT2D eigenvalue weighted by atomic mass is 10.1. The van der Waals surface area contributed by atoms with Gasteiger partial charge in [-0.25, -0.2) is 10.2 Å². The van der Waals surface area contributed by atoms with Crippen LogP contribution >= 0.6 is 0 Å². The molecule has 0 aromatic heterocycles. The molecule has 2 amide bonds. The van der Waals surface area contributed by atoms with Crippen LogP contribution < -0.4 is 10.9 Å². The van der Waals surface area contributed by atoms with Crippen molar-refractivity contribution in [2.75, 3.05) is 40.3 Å². The number of likely N-dealkylation sites (N-methyl/N-ethyl adjacent to an activating group) is 2. The summed E-state index contributed by atoms with van der Waals surface area (Å²) in [6.07, 6.45) is -0.0140. The maximum absolute atomic E-state index is 12.1. The molecule has 1 aliphatic rings. The van der Waals surface area contributed by atoms with E-state index in [0.717, 1.165) is 18.7 Å². The molecule has 0 bridgehead atoms. The smallest absolute Gasteiger partial charge is 0.426 e. The first kappa shape index (κ1) is 18.2. The summed E-state index contributed by atoms with van der Waals surface area (Å²) < 4.78 is 5.07. The number of benzene rings is 1. The Morgan fingerprint density at radius 2 is 1.88 bits per heavy atom. The Balaban J connectivity index is 1.67. The molecule has 0 saturated carbocycles. The molecule has 1 heterocycles. The maximum Gasteiger partial charge on any atom is 0.426 e. The molecule has 1 saturated heterocycles. The van der Waals surface area contributed by atoms with E-state index in [1.54, 1.807) is 0 Å². The number of aryl methyl sites for hydroxylation is 1. The molecule has 0 aliphatic carbocycles. The Hall–Kier alpha value is -2.12. The normalized spacial score (nSPS) is 18.9. The molecule has 0 radical (unpaired) electrons. The summed E-state index contributed by atoms with van der Waals surface area (Å²) in [4.78, 5) is 27.8. The summed E-state index contributed by atoms with van der Waals surface area (Å²) in [6.45, 7) is 4.66. The van der Waals surface area contributed by atoms with Crippen molar-refractivity contribution in [3.8, 4) is 0 Å².